The van der Waals surface area contributed by atoms with Gasteiger partial charge in [-0.3, -0.25) is 4.79 Å². The molecule has 5 heteroatoms. The highest BCUT2D eigenvalue weighted by atomic mass is 35.5. The van der Waals surface area contributed by atoms with E-state index in [2.05, 4.69) is 10.6 Å². The Morgan fingerprint density at radius 2 is 2.00 bits per heavy atom. The van der Waals surface area contributed by atoms with Crippen LogP contribution in [0.3, 0.4) is 0 Å². The zero-order chi connectivity index (χ0) is 14.5. The second kappa shape index (κ2) is 6.39. The summed E-state index contributed by atoms with van der Waals surface area (Å²) in [5.74, 6) is -0.591. The highest BCUT2D eigenvalue weighted by molar-refractivity contribution is 6.30. The number of carbonyl (C=O) groups is 1. The lowest BCUT2D eigenvalue weighted by Gasteiger charge is -2.09. The van der Waals surface area contributed by atoms with E-state index in [1.165, 1.54) is 6.07 Å². The van der Waals surface area contributed by atoms with Gasteiger partial charge in [0.1, 0.15) is 5.82 Å². The van der Waals surface area contributed by atoms with Crippen LogP contribution >= 0.6 is 11.6 Å². The zero-order valence-corrected chi connectivity index (χ0v) is 11.7. The number of carbonyl (C=O) groups excluding carboxylic acids is 1. The van der Waals surface area contributed by atoms with E-state index in [4.69, 9.17) is 11.6 Å². The summed E-state index contributed by atoms with van der Waals surface area (Å²) in [6.07, 6.45) is 0. The average molecular weight is 293 g/mol. The fraction of sp³-hybridized carbons (Fsp3) is 0.133. The Bertz CT molecular complexity index is 631. The molecule has 0 saturated heterocycles. The van der Waals surface area contributed by atoms with Gasteiger partial charge in [-0.1, -0.05) is 29.8 Å². The summed E-state index contributed by atoms with van der Waals surface area (Å²) in [7, 11) is 1.57. The van der Waals surface area contributed by atoms with Crippen LogP contribution in [0.25, 0.3) is 0 Å². The number of amides is 1. The number of hydrogen-bond acceptors (Lipinski definition) is 2. The van der Waals surface area contributed by atoms with Crippen LogP contribution in [-0.2, 0) is 6.54 Å². The van der Waals surface area contributed by atoms with Crippen LogP contribution in [0.4, 0.5) is 10.1 Å². The zero-order valence-electron chi connectivity index (χ0n) is 10.9. The third kappa shape index (κ3) is 3.27. The van der Waals surface area contributed by atoms with Gasteiger partial charge in [0.15, 0.2) is 0 Å². The van der Waals surface area contributed by atoms with Gasteiger partial charge in [-0.2, -0.15) is 0 Å². The highest BCUT2D eigenvalue weighted by Gasteiger charge is 2.07. The maximum absolute atomic E-state index is 13.7. The maximum atomic E-state index is 13.7. The molecule has 0 unspecified atom stereocenters. The summed E-state index contributed by atoms with van der Waals surface area (Å²) in [5, 5.41) is 5.72. The Hall–Kier alpha value is -2.07. The summed E-state index contributed by atoms with van der Waals surface area (Å²) in [6.45, 7) is 0.295. The highest BCUT2D eigenvalue weighted by Crippen LogP contribution is 2.19. The molecular formula is C15H14ClFN2O. The van der Waals surface area contributed by atoms with Crippen LogP contribution in [-0.4, -0.2) is 13.0 Å². The monoisotopic (exact) mass is 292 g/mol. The first-order valence-corrected chi connectivity index (χ1v) is 6.48. The molecule has 1 amide bonds. The van der Waals surface area contributed by atoms with Crippen molar-refractivity contribution >= 4 is 23.2 Å². The molecule has 0 spiro atoms. The molecule has 2 N–H and O–H groups in total. The summed E-state index contributed by atoms with van der Waals surface area (Å²) in [5.41, 5.74) is 1.76. The molecule has 2 aromatic carbocycles. The first-order valence-electron chi connectivity index (χ1n) is 6.10. The lowest BCUT2D eigenvalue weighted by atomic mass is 10.1. The van der Waals surface area contributed by atoms with Gasteiger partial charge in [-0.05, 0) is 24.3 Å². The van der Waals surface area contributed by atoms with Gasteiger partial charge in [-0.25, -0.2) is 4.39 Å². The van der Waals surface area contributed by atoms with Crippen molar-refractivity contribution in [3.63, 3.8) is 0 Å². The lowest BCUT2D eigenvalue weighted by Crippen LogP contribution is -2.17. The van der Waals surface area contributed by atoms with Crippen molar-refractivity contribution in [3.8, 4) is 0 Å². The number of anilines is 1. The van der Waals surface area contributed by atoms with E-state index in [1.54, 1.807) is 37.4 Å². The molecule has 0 aliphatic rings. The minimum Gasteiger partial charge on any atom is -0.381 e. The van der Waals surface area contributed by atoms with E-state index in [-0.39, 0.29) is 10.9 Å². The summed E-state index contributed by atoms with van der Waals surface area (Å²) in [4.78, 5) is 11.5. The van der Waals surface area contributed by atoms with E-state index >= 15 is 0 Å². The molecule has 0 aliphatic heterocycles. The van der Waals surface area contributed by atoms with Gasteiger partial charge in [-0.15, -0.1) is 0 Å². The van der Waals surface area contributed by atoms with Crippen LogP contribution in [0.2, 0.25) is 5.02 Å². The smallest absolute Gasteiger partial charge is 0.251 e. The predicted molar refractivity (Wildman–Crippen MR) is 78.6 cm³/mol. The van der Waals surface area contributed by atoms with Gasteiger partial charge in [0.05, 0.1) is 5.02 Å². The number of hydrogen-bond donors (Lipinski definition) is 2. The van der Waals surface area contributed by atoms with Gasteiger partial charge >= 0.3 is 0 Å². The predicted octanol–water partition coefficient (Wildman–Crippen LogP) is 3.45. The Kier molecular flexibility index (Phi) is 4.58. The normalized spacial score (nSPS) is 10.2. The Morgan fingerprint density at radius 1 is 1.25 bits per heavy atom. The number of halogens is 2. The van der Waals surface area contributed by atoms with Crippen LogP contribution in [0.15, 0.2) is 42.5 Å². The molecule has 0 heterocycles. The first kappa shape index (κ1) is 14.3. The molecule has 0 aliphatic carbocycles. The molecule has 0 atom stereocenters. The van der Waals surface area contributed by atoms with Crippen molar-refractivity contribution in [2.45, 2.75) is 6.54 Å². The van der Waals surface area contributed by atoms with Crippen molar-refractivity contribution < 1.29 is 9.18 Å². The summed E-state index contributed by atoms with van der Waals surface area (Å²) < 4.78 is 13.7. The van der Waals surface area contributed by atoms with Crippen LogP contribution in [0.1, 0.15) is 15.9 Å². The van der Waals surface area contributed by atoms with E-state index in [1.807, 2.05) is 6.07 Å². The van der Waals surface area contributed by atoms with Crippen LogP contribution in [0, 0.1) is 5.82 Å². The Balaban J connectivity index is 2.11. The van der Waals surface area contributed by atoms with E-state index in [0.717, 1.165) is 5.69 Å². The molecule has 2 aromatic rings. The largest absolute Gasteiger partial charge is 0.381 e. The summed E-state index contributed by atoms with van der Waals surface area (Å²) >= 11 is 5.73. The van der Waals surface area contributed by atoms with Crippen molar-refractivity contribution in [3.05, 3.63) is 64.4 Å². The molecule has 2 rings (SSSR count). The topological polar surface area (TPSA) is 41.1 Å². The fourth-order valence-electron chi connectivity index (χ4n) is 1.80. The molecular weight excluding hydrogens is 279 g/mol. The quantitative estimate of drug-likeness (QED) is 0.906. The van der Waals surface area contributed by atoms with E-state index in [0.29, 0.717) is 17.7 Å². The minimum absolute atomic E-state index is 0.100. The van der Waals surface area contributed by atoms with Gasteiger partial charge in [0, 0.05) is 30.4 Å². The third-order valence-electron chi connectivity index (χ3n) is 2.87. The van der Waals surface area contributed by atoms with E-state index < -0.39 is 5.82 Å². The van der Waals surface area contributed by atoms with Gasteiger partial charge in [0.25, 0.3) is 5.91 Å². The Labute approximate surface area is 121 Å². The second-order valence-corrected chi connectivity index (χ2v) is 4.63. The number of rotatable bonds is 4. The van der Waals surface area contributed by atoms with E-state index in [9.17, 15) is 9.18 Å². The standard InChI is InChI=1S/C15H14ClFN2O/c1-18-15(20)10-4-2-6-12(8-10)19-9-11-5-3-7-13(16)14(11)17/h2-8,19H,9H2,1H3,(H,18,20). The Morgan fingerprint density at radius 3 is 2.75 bits per heavy atom. The molecule has 0 saturated carbocycles. The van der Waals surface area contributed by atoms with Crippen LogP contribution in [0.5, 0.6) is 0 Å². The SMILES string of the molecule is CNC(=O)c1cccc(NCc2cccc(Cl)c2F)c1. The molecule has 0 radical (unpaired) electrons. The van der Waals surface area contributed by atoms with Crippen molar-refractivity contribution in [2.75, 3.05) is 12.4 Å². The first-order chi connectivity index (χ1) is 9.61. The lowest BCUT2D eigenvalue weighted by molar-refractivity contribution is 0.0963. The molecule has 0 bridgehead atoms. The van der Waals surface area contributed by atoms with Crippen molar-refractivity contribution in [1.82, 2.24) is 5.32 Å². The molecule has 3 nitrogen and oxygen atoms in total. The molecule has 20 heavy (non-hydrogen) atoms. The molecule has 0 aromatic heterocycles. The average Bonchev–Trinajstić information content (AvgIpc) is 2.48. The number of benzene rings is 2. The second-order valence-electron chi connectivity index (χ2n) is 4.23. The number of nitrogens with one attached hydrogen (secondary N) is 2. The third-order valence-corrected chi connectivity index (χ3v) is 3.16. The fourth-order valence-corrected chi connectivity index (χ4v) is 1.99. The van der Waals surface area contributed by atoms with Gasteiger partial charge in [0.2, 0.25) is 0 Å². The van der Waals surface area contributed by atoms with Crippen molar-refractivity contribution in [1.29, 1.82) is 0 Å². The van der Waals surface area contributed by atoms with Crippen LogP contribution < -0.4 is 10.6 Å². The maximum Gasteiger partial charge on any atom is 0.251 e. The van der Waals surface area contributed by atoms with Crippen molar-refractivity contribution in [2.24, 2.45) is 0 Å². The summed E-state index contributed by atoms with van der Waals surface area (Å²) in [6, 6.07) is 11.9. The molecule has 104 valence electrons. The van der Waals surface area contributed by atoms with Gasteiger partial charge < -0.3 is 10.6 Å². The minimum atomic E-state index is -0.427. The molecule has 0 fully saturated rings.